The molecule has 1 aromatic heterocycles. The van der Waals surface area contributed by atoms with Gasteiger partial charge in [-0.25, -0.2) is 0 Å². The Morgan fingerprint density at radius 2 is 1.95 bits per heavy atom. The van der Waals surface area contributed by atoms with E-state index in [4.69, 9.17) is 14.2 Å². The average molecular weight is 299 g/mol. The molecule has 3 N–H and O–H groups in total. The molecule has 0 aliphatic carbocycles. The number of pyridine rings is 1. The second-order valence-electron chi connectivity index (χ2n) is 5.70. The number of ether oxygens (including phenoxy) is 3. The second-order valence-corrected chi connectivity index (χ2v) is 5.70. The van der Waals surface area contributed by atoms with E-state index in [0.29, 0.717) is 25.5 Å². The van der Waals surface area contributed by atoms with Crippen molar-refractivity contribution in [1.82, 2.24) is 4.98 Å². The summed E-state index contributed by atoms with van der Waals surface area (Å²) in [6.07, 6.45) is 1.73. The van der Waals surface area contributed by atoms with Crippen molar-refractivity contribution in [1.29, 1.82) is 0 Å². The molecule has 0 spiro atoms. The Morgan fingerprint density at radius 3 is 2.52 bits per heavy atom. The van der Waals surface area contributed by atoms with Crippen LogP contribution in [0, 0.1) is 19.8 Å². The number of nitrogens with zero attached hydrogens (tertiary/aromatic N) is 1. The van der Waals surface area contributed by atoms with Crippen LogP contribution < -0.4 is 4.74 Å². The van der Waals surface area contributed by atoms with Crippen molar-refractivity contribution in [3.63, 3.8) is 0 Å². The predicted molar refractivity (Wildman–Crippen MR) is 78.2 cm³/mol. The lowest BCUT2D eigenvalue weighted by Crippen LogP contribution is -2.41. The van der Waals surface area contributed by atoms with Crippen LogP contribution in [0.2, 0.25) is 0 Å². The van der Waals surface area contributed by atoms with Crippen molar-refractivity contribution in [2.45, 2.75) is 40.1 Å². The van der Waals surface area contributed by atoms with Gasteiger partial charge in [0.1, 0.15) is 5.75 Å². The Morgan fingerprint density at radius 1 is 1.33 bits per heavy atom. The number of aromatic nitrogens is 1. The quantitative estimate of drug-likeness (QED) is 0.900. The first-order valence-corrected chi connectivity index (χ1v) is 6.89. The molecule has 0 unspecified atom stereocenters. The van der Waals surface area contributed by atoms with Crippen molar-refractivity contribution < 1.29 is 24.8 Å². The zero-order chi connectivity index (χ0) is 14.8. The summed E-state index contributed by atoms with van der Waals surface area (Å²) in [5, 5.41) is 9.25. The fourth-order valence-electron chi connectivity index (χ4n) is 2.16. The lowest BCUT2D eigenvalue weighted by Gasteiger charge is -2.34. The van der Waals surface area contributed by atoms with E-state index in [1.807, 2.05) is 27.7 Å². The first kappa shape index (κ1) is 17.8. The smallest absolute Gasteiger partial charge is 0.162 e. The molecule has 21 heavy (non-hydrogen) atoms. The third-order valence-corrected chi connectivity index (χ3v) is 3.49. The zero-order valence-corrected chi connectivity index (χ0v) is 13.1. The SMILES string of the molecule is Cc1cnc(CO)c(C)c1OCC1COC(C)(C)OC1.O. The molecule has 6 nitrogen and oxygen atoms in total. The third kappa shape index (κ3) is 4.38. The topological polar surface area (TPSA) is 92.3 Å². The minimum absolute atomic E-state index is 0. The molecule has 1 saturated heterocycles. The predicted octanol–water partition coefficient (Wildman–Crippen LogP) is 1.14. The molecule has 1 aliphatic heterocycles. The maximum atomic E-state index is 9.25. The molecule has 6 heteroatoms. The van der Waals surface area contributed by atoms with Gasteiger partial charge in [-0.2, -0.15) is 0 Å². The summed E-state index contributed by atoms with van der Waals surface area (Å²) in [5.41, 5.74) is 2.52. The largest absolute Gasteiger partial charge is 0.492 e. The summed E-state index contributed by atoms with van der Waals surface area (Å²) < 4.78 is 17.1. The zero-order valence-electron chi connectivity index (χ0n) is 13.1. The fourth-order valence-corrected chi connectivity index (χ4v) is 2.16. The Labute approximate surface area is 125 Å². The maximum absolute atomic E-state index is 9.25. The molecule has 0 atom stereocenters. The van der Waals surface area contributed by atoms with Crippen molar-refractivity contribution >= 4 is 0 Å². The average Bonchev–Trinajstić information content (AvgIpc) is 2.40. The molecule has 1 fully saturated rings. The summed E-state index contributed by atoms with van der Waals surface area (Å²) >= 11 is 0. The molecule has 0 saturated carbocycles. The summed E-state index contributed by atoms with van der Waals surface area (Å²) in [6.45, 7) is 9.40. The maximum Gasteiger partial charge on any atom is 0.162 e. The monoisotopic (exact) mass is 299 g/mol. The minimum Gasteiger partial charge on any atom is -0.492 e. The molecular formula is C15H25NO5. The van der Waals surface area contributed by atoms with Crippen molar-refractivity contribution in [2.24, 2.45) is 5.92 Å². The Balaban J connectivity index is 0.00000220. The molecular weight excluding hydrogens is 274 g/mol. The number of aliphatic hydroxyl groups is 1. The molecule has 0 radical (unpaired) electrons. The van der Waals surface area contributed by atoms with Crippen LogP contribution >= 0.6 is 0 Å². The highest BCUT2D eigenvalue weighted by Gasteiger charge is 2.28. The standard InChI is InChI=1S/C15H23NO4.H2O/c1-10-5-16-13(6-17)11(2)14(10)18-7-12-8-19-15(3,4)20-9-12;/h5,12,17H,6-9H2,1-4H3;1H2. The van der Waals surface area contributed by atoms with E-state index in [1.165, 1.54) is 0 Å². The molecule has 2 heterocycles. The van der Waals surface area contributed by atoms with Gasteiger partial charge in [-0.05, 0) is 27.7 Å². The minimum atomic E-state index is -0.497. The van der Waals surface area contributed by atoms with Gasteiger partial charge in [0.05, 0.1) is 32.1 Å². The van der Waals surface area contributed by atoms with Crippen LogP contribution in [0.1, 0.15) is 30.7 Å². The highest BCUT2D eigenvalue weighted by Crippen LogP contribution is 2.26. The fraction of sp³-hybridized carbons (Fsp3) is 0.667. The molecule has 0 bridgehead atoms. The van der Waals surface area contributed by atoms with E-state index < -0.39 is 5.79 Å². The first-order chi connectivity index (χ1) is 9.43. The lowest BCUT2D eigenvalue weighted by molar-refractivity contribution is -0.264. The van der Waals surface area contributed by atoms with Crippen LogP contribution in [0.15, 0.2) is 6.20 Å². The van der Waals surface area contributed by atoms with Crippen LogP contribution in [0.4, 0.5) is 0 Å². The molecule has 1 aromatic rings. The van der Waals surface area contributed by atoms with Gasteiger partial charge in [-0.15, -0.1) is 0 Å². The van der Waals surface area contributed by atoms with E-state index in [1.54, 1.807) is 6.20 Å². The van der Waals surface area contributed by atoms with Crippen molar-refractivity contribution in [2.75, 3.05) is 19.8 Å². The summed E-state index contributed by atoms with van der Waals surface area (Å²) in [5.74, 6) is 0.518. The van der Waals surface area contributed by atoms with E-state index in [-0.39, 0.29) is 18.0 Å². The number of aryl methyl sites for hydroxylation is 1. The molecule has 120 valence electrons. The summed E-state index contributed by atoms with van der Waals surface area (Å²) in [6, 6.07) is 0. The third-order valence-electron chi connectivity index (χ3n) is 3.49. The van der Waals surface area contributed by atoms with Crippen molar-refractivity contribution in [3.05, 3.63) is 23.0 Å². The first-order valence-electron chi connectivity index (χ1n) is 6.89. The van der Waals surface area contributed by atoms with Crippen LogP contribution in [0.5, 0.6) is 5.75 Å². The summed E-state index contributed by atoms with van der Waals surface area (Å²) in [4.78, 5) is 4.19. The number of hydrogen-bond acceptors (Lipinski definition) is 5. The Hall–Kier alpha value is -1.21. The van der Waals surface area contributed by atoms with Gasteiger partial charge in [-0.3, -0.25) is 4.98 Å². The van der Waals surface area contributed by atoms with Gasteiger partial charge in [-0.1, -0.05) is 0 Å². The van der Waals surface area contributed by atoms with Crippen LogP contribution in [0.3, 0.4) is 0 Å². The number of aliphatic hydroxyl groups excluding tert-OH is 1. The molecule has 2 rings (SSSR count). The van der Waals surface area contributed by atoms with E-state index in [0.717, 1.165) is 16.9 Å². The summed E-state index contributed by atoms with van der Waals surface area (Å²) in [7, 11) is 0. The van der Waals surface area contributed by atoms with Crippen LogP contribution in [-0.2, 0) is 16.1 Å². The lowest BCUT2D eigenvalue weighted by atomic mass is 10.1. The normalized spacial score (nSPS) is 18.1. The number of rotatable bonds is 4. The van der Waals surface area contributed by atoms with Gasteiger partial charge >= 0.3 is 0 Å². The highest BCUT2D eigenvalue weighted by atomic mass is 16.7. The number of hydrogen-bond donors (Lipinski definition) is 1. The van der Waals surface area contributed by atoms with E-state index >= 15 is 0 Å². The van der Waals surface area contributed by atoms with E-state index in [2.05, 4.69) is 4.98 Å². The Bertz CT molecular complexity index is 465. The van der Waals surface area contributed by atoms with Crippen LogP contribution in [-0.4, -0.2) is 41.2 Å². The highest BCUT2D eigenvalue weighted by molar-refractivity contribution is 5.40. The van der Waals surface area contributed by atoms with Gasteiger partial charge in [0.2, 0.25) is 0 Å². The molecule has 0 aromatic carbocycles. The second kappa shape index (κ2) is 7.17. The van der Waals surface area contributed by atoms with E-state index in [9.17, 15) is 5.11 Å². The van der Waals surface area contributed by atoms with Gasteiger partial charge in [0.15, 0.2) is 5.79 Å². The van der Waals surface area contributed by atoms with Crippen molar-refractivity contribution in [3.8, 4) is 5.75 Å². The van der Waals surface area contributed by atoms with Crippen LogP contribution in [0.25, 0.3) is 0 Å². The Kier molecular flexibility index (Phi) is 6.10. The van der Waals surface area contributed by atoms with Gasteiger partial charge in [0, 0.05) is 23.2 Å². The molecule has 0 amide bonds. The van der Waals surface area contributed by atoms with Gasteiger partial charge in [0.25, 0.3) is 0 Å². The van der Waals surface area contributed by atoms with Gasteiger partial charge < -0.3 is 24.8 Å². The molecule has 1 aliphatic rings.